The highest BCUT2D eigenvalue weighted by molar-refractivity contribution is 6.30. The van der Waals surface area contributed by atoms with Gasteiger partial charge in [-0.2, -0.15) is 0 Å². The Morgan fingerprint density at radius 2 is 1.84 bits per heavy atom. The molecule has 6 nitrogen and oxygen atoms in total. The molecule has 7 heteroatoms. The van der Waals surface area contributed by atoms with Crippen molar-refractivity contribution in [3.8, 4) is 28.5 Å². The first-order valence-corrected chi connectivity index (χ1v) is 11.3. The van der Waals surface area contributed by atoms with Crippen LogP contribution in [0.15, 0.2) is 42.5 Å². The second kappa shape index (κ2) is 10.9. The molecule has 1 unspecified atom stereocenters. The second-order valence-corrected chi connectivity index (χ2v) is 8.21. The van der Waals surface area contributed by atoms with Crippen molar-refractivity contribution in [3.05, 3.63) is 47.5 Å². The molecule has 2 heterocycles. The SMILES string of the molecule is COc1cc2nc(-c3ccc(Cl)cc3)cc(OCCCNCC3CCCO3)c2cc1OC. The summed E-state index contributed by atoms with van der Waals surface area (Å²) in [6.45, 7) is 3.25. The van der Waals surface area contributed by atoms with Crippen LogP contribution in [0.25, 0.3) is 22.2 Å². The lowest BCUT2D eigenvalue weighted by Gasteiger charge is -2.15. The smallest absolute Gasteiger partial charge is 0.162 e. The zero-order valence-corrected chi connectivity index (χ0v) is 19.3. The lowest BCUT2D eigenvalue weighted by atomic mass is 10.1. The Bertz CT molecular complexity index is 1040. The van der Waals surface area contributed by atoms with E-state index >= 15 is 0 Å². The lowest BCUT2D eigenvalue weighted by molar-refractivity contribution is 0.110. The monoisotopic (exact) mass is 456 g/mol. The molecule has 3 aromatic rings. The molecule has 0 spiro atoms. The highest BCUT2D eigenvalue weighted by Gasteiger charge is 2.15. The van der Waals surface area contributed by atoms with Crippen LogP contribution < -0.4 is 19.5 Å². The van der Waals surface area contributed by atoms with Gasteiger partial charge in [-0.1, -0.05) is 23.7 Å². The number of benzene rings is 2. The van der Waals surface area contributed by atoms with E-state index < -0.39 is 0 Å². The molecule has 1 saturated heterocycles. The molecule has 1 aliphatic heterocycles. The van der Waals surface area contributed by atoms with Crippen molar-refractivity contribution in [3.63, 3.8) is 0 Å². The summed E-state index contributed by atoms with van der Waals surface area (Å²) in [5, 5.41) is 5.03. The van der Waals surface area contributed by atoms with Gasteiger partial charge in [0.1, 0.15) is 5.75 Å². The number of ether oxygens (including phenoxy) is 4. The Labute approximate surface area is 193 Å². The number of nitrogens with one attached hydrogen (secondary N) is 1. The van der Waals surface area contributed by atoms with Crippen LogP contribution in [0.2, 0.25) is 5.02 Å². The number of fused-ring (bicyclic) bond motifs is 1. The summed E-state index contributed by atoms with van der Waals surface area (Å²) >= 11 is 6.06. The molecule has 4 rings (SSSR count). The lowest BCUT2D eigenvalue weighted by Crippen LogP contribution is -2.27. The van der Waals surface area contributed by atoms with E-state index in [9.17, 15) is 0 Å². The fraction of sp³-hybridized carbons (Fsp3) is 0.400. The summed E-state index contributed by atoms with van der Waals surface area (Å²) in [7, 11) is 3.24. The topological polar surface area (TPSA) is 61.8 Å². The van der Waals surface area contributed by atoms with Gasteiger partial charge in [0.05, 0.1) is 38.1 Å². The number of hydrogen-bond acceptors (Lipinski definition) is 6. The number of pyridine rings is 1. The highest BCUT2D eigenvalue weighted by Crippen LogP contribution is 2.37. The van der Waals surface area contributed by atoms with Gasteiger partial charge in [-0.15, -0.1) is 0 Å². The quantitative estimate of drug-likeness (QED) is 0.428. The van der Waals surface area contributed by atoms with Crippen molar-refractivity contribution in [1.29, 1.82) is 0 Å². The average molecular weight is 457 g/mol. The molecular formula is C25H29ClN2O4. The van der Waals surface area contributed by atoms with Crippen molar-refractivity contribution in [1.82, 2.24) is 10.3 Å². The van der Waals surface area contributed by atoms with Gasteiger partial charge < -0.3 is 24.3 Å². The van der Waals surface area contributed by atoms with Crippen LogP contribution >= 0.6 is 11.6 Å². The first-order chi connectivity index (χ1) is 15.7. The van der Waals surface area contributed by atoms with Crippen LogP contribution in [0.5, 0.6) is 17.2 Å². The summed E-state index contributed by atoms with van der Waals surface area (Å²) in [6, 6.07) is 13.4. The molecule has 0 radical (unpaired) electrons. The minimum absolute atomic E-state index is 0.351. The van der Waals surface area contributed by atoms with Gasteiger partial charge in [0, 0.05) is 41.3 Å². The molecule has 1 aromatic heterocycles. The van der Waals surface area contributed by atoms with Gasteiger partial charge in [-0.3, -0.25) is 0 Å². The largest absolute Gasteiger partial charge is 0.493 e. The molecule has 0 bridgehead atoms. The standard InChI is InChI=1S/C25H29ClN2O4/c1-29-24-13-20-22(15-25(24)30-2)28-21(17-6-8-18(26)9-7-17)14-23(20)32-12-4-10-27-16-19-5-3-11-31-19/h6-9,13-15,19,27H,3-5,10-12,16H2,1-2H3. The fourth-order valence-electron chi connectivity index (χ4n) is 3.86. The molecule has 2 aromatic carbocycles. The van der Waals surface area contributed by atoms with Gasteiger partial charge in [0.2, 0.25) is 0 Å². The minimum atomic E-state index is 0.351. The van der Waals surface area contributed by atoms with Crippen LogP contribution in [-0.4, -0.2) is 51.6 Å². The Morgan fingerprint density at radius 3 is 2.56 bits per heavy atom. The van der Waals surface area contributed by atoms with Crippen molar-refractivity contribution in [2.45, 2.75) is 25.4 Å². The molecule has 0 amide bonds. The Balaban J connectivity index is 1.53. The first kappa shape index (κ1) is 22.6. The molecule has 1 fully saturated rings. The van der Waals surface area contributed by atoms with E-state index in [4.69, 9.17) is 35.5 Å². The van der Waals surface area contributed by atoms with Crippen molar-refractivity contribution in [2.75, 3.05) is 40.5 Å². The van der Waals surface area contributed by atoms with E-state index in [1.54, 1.807) is 14.2 Å². The summed E-state index contributed by atoms with van der Waals surface area (Å²) < 4.78 is 22.8. The van der Waals surface area contributed by atoms with Crippen LogP contribution in [0.1, 0.15) is 19.3 Å². The van der Waals surface area contributed by atoms with E-state index in [1.165, 1.54) is 0 Å². The van der Waals surface area contributed by atoms with Crippen molar-refractivity contribution in [2.24, 2.45) is 0 Å². The summed E-state index contributed by atoms with van der Waals surface area (Å²) in [4.78, 5) is 4.84. The predicted molar refractivity (Wildman–Crippen MR) is 127 cm³/mol. The third-order valence-electron chi connectivity index (χ3n) is 5.57. The fourth-order valence-corrected chi connectivity index (χ4v) is 3.98. The predicted octanol–water partition coefficient (Wildman–Crippen LogP) is 5.11. The molecule has 1 aliphatic rings. The van der Waals surface area contributed by atoms with Gasteiger partial charge in [0.25, 0.3) is 0 Å². The zero-order valence-electron chi connectivity index (χ0n) is 18.5. The van der Waals surface area contributed by atoms with Crippen molar-refractivity contribution < 1.29 is 18.9 Å². The first-order valence-electron chi connectivity index (χ1n) is 11.0. The van der Waals surface area contributed by atoms with E-state index in [1.807, 2.05) is 42.5 Å². The maximum atomic E-state index is 6.22. The highest BCUT2D eigenvalue weighted by atomic mass is 35.5. The van der Waals surface area contributed by atoms with E-state index in [-0.39, 0.29) is 0 Å². The Kier molecular flexibility index (Phi) is 7.68. The molecule has 32 heavy (non-hydrogen) atoms. The molecule has 170 valence electrons. The molecule has 0 saturated carbocycles. The second-order valence-electron chi connectivity index (χ2n) is 7.78. The maximum Gasteiger partial charge on any atom is 0.162 e. The molecule has 0 aliphatic carbocycles. The zero-order chi connectivity index (χ0) is 22.3. The van der Waals surface area contributed by atoms with Crippen LogP contribution in [0.4, 0.5) is 0 Å². The van der Waals surface area contributed by atoms with Gasteiger partial charge >= 0.3 is 0 Å². The Morgan fingerprint density at radius 1 is 1.06 bits per heavy atom. The van der Waals surface area contributed by atoms with Gasteiger partial charge in [-0.05, 0) is 44.0 Å². The number of nitrogens with zero attached hydrogens (tertiary/aromatic N) is 1. The number of rotatable bonds is 10. The number of hydrogen-bond donors (Lipinski definition) is 1. The van der Waals surface area contributed by atoms with Crippen LogP contribution in [0, 0.1) is 0 Å². The number of methoxy groups -OCH3 is 2. The number of halogens is 1. The summed E-state index contributed by atoms with van der Waals surface area (Å²) in [5.41, 5.74) is 2.56. The van der Waals surface area contributed by atoms with Crippen LogP contribution in [-0.2, 0) is 4.74 Å². The molecule has 1 atom stereocenters. The minimum Gasteiger partial charge on any atom is -0.493 e. The maximum absolute atomic E-state index is 6.22. The third kappa shape index (κ3) is 5.44. The summed E-state index contributed by atoms with van der Waals surface area (Å²) in [6.07, 6.45) is 3.55. The van der Waals surface area contributed by atoms with E-state index in [0.29, 0.717) is 29.2 Å². The van der Waals surface area contributed by atoms with E-state index in [2.05, 4.69) is 5.32 Å². The molecule has 1 N–H and O–H groups in total. The van der Waals surface area contributed by atoms with Crippen LogP contribution in [0.3, 0.4) is 0 Å². The van der Waals surface area contributed by atoms with Crippen molar-refractivity contribution >= 4 is 22.5 Å². The van der Waals surface area contributed by atoms with Gasteiger partial charge in [0.15, 0.2) is 11.5 Å². The average Bonchev–Trinajstić information content (AvgIpc) is 3.34. The normalized spacial score (nSPS) is 15.8. The third-order valence-corrected chi connectivity index (χ3v) is 5.82. The number of aromatic nitrogens is 1. The van der Waals surface area contributed by atoms with Gasteiger partial charge in [-0.25, -0.2) is 4.98 Å². The van der Waals surface area contributed by atoms with E-state index in [0.717, 1.165) is 66.9 Å². The Hall–Kier alpha value is -2.54. The molecular weight excluding hydrogens is 428 g/mol. The summed E-state index contributed by atoms with van der Waals surface area (Å²) in [5.74, 6) is 2.04.